The average molecular weight is 353 g/mol. The second-order valence-electron chi connectivity index (χ2n) is 5.66. The van der Waals surface area contributed by atoms with Crippen molar-refractivity contribution in [2.24, 2.45) is 5.92 Å². The number of rotatable bonds is 3. The molecule has 128 valence electrons. The summed E-state index contributed by atoms with van der Waals surface area (Å²) in [5.41, 5.74) is -1.80. The quantitative estimate of drug-likeness (QED) is 0.662. The van der Waals surface area contributed by atoms with E-state index in [0.717, 1.165) is 12.5 Å². The lowest BCUT2D eigenvalue weighted by Gasteiger charge is -2.35. The molecule has 2 rings (SSSR count). The molecule has 1 aromatic rings. The number of halogens is 4. The van der Waals surface area contributed by atoms with E-state index in [9.17, 15) is 28.4 Å². The van der Waals surface area contributed by atoms with Gasteiger partial charge in [0.05, 0.1) is 21.6 Å². The normalized spacial score (nSPS) is 20.4. The number of hydrogen-bond acceptors (Lipinski definition) is 4. The molecule has 1 aliphatic heterocycles. The number of aliphatic hydroxyl groups is 1. The van der Waals surface area contributed by atoms with Gasteiger partial charge in [0.25, 0.3) is 5.69 Å². The fourth-order valence-electron chi connectivity index (χ4n) is 2.79. The summed E-state index contributed by atoms with van der Waals surface area (Å²) >= 11 is 5.69. The van der Waals surface area contributed by atoms with Gasteiger partial charge in [-0.2, -0.15) is 13.2 Å². The molecule has 0 amide bonds. The third-order valence-corrected chi connectivity index (χ3v) is 4.36. The van der Waals surface area contributed by atoms with Crippen molar-refractivity contribution >= 4 is 23.0 Å². The van der Waals surface area contributed by atoms with E-state index in [2.05, 4.69) is 0 Å². The number of anilines is 1. The molecule has 1 aromatic carbocycles. The van der Waals surface area contributed by atoms with Crippen molar-refractivity contribution < 1.29 is 23.2 Å². The van der Waals surface area contributed by atoms with Crippen LogP contribution in [0.1, 0.15) is 25.3 Å². The van der Waals surface area contributed by atoms with Gasteiger partial charge in [0.2, 0.25) is 0 Å². The Hall–Kier alpha value is -1.54. The van der Waals surface area contributed by atoms with Crippen molar-refractivity contribution in [2.75, 3.05) is 18.0 Å². The zero-order valence-electron chi connectivity index (χ0n) is 12.3. The van der Waals surface area contributed by atoms with Crippen molar-refractivity contribution in [1.82, 2.24) is 0 Å². The highest BCUT2D eigenvalue weighted by Gasteiger charge is 2.37. The second kappa shape index (κ2) is 6.52. The number of hydrogen-bond donors (Lipinski definition) is 1. The Bertz CT molecular complexity index is 608. The first kappa shape index (κ1) is 17.8. The van der Waals surface area contributed by atoms with Crippen LogP contribution >= 0.6 is 11.6 Å². The molecule has 0 aliphatic carbocycles. The highest BCUT2D eigenvalue weighted by atomic mass is 35.5. The Morgan fingerprint density at radius 1 is 1.48 bits per heavy atom. The molecule has 2 atom stereocenters. The van der Waals surface area contributed by atoms with E-state index in [0.29, 0.717) is 25.6 Å². The lowest BCUT2D eigenvalue weighted by Crippen LogP contribution is -2.39. The van der Waals surface area contributed by atoms with Crippen LogP contribution in [-0.2, 0) is 6.18 Å². The molecular weight excluding hydrogens is 337 g/mol. The number of nitrogens with zero attached hydrogens (tertiary/aromatic N) is 2. The summed E-state index contributed by atoms with van der Waals surface area (Å²) in [5.74, 6) is -0.0931. The molecule has 1 saturated heterocycles. The van der Waals surface area contributed by atoms with Crippen LogP contribution in [0.15, 0.2) is 12.1 Å². The van der Waals surface area contributed by atoms with Crippen LogP contribution in [0.3, 0.4) is 0 Å². The molecule has 0 bridgehead atoms. The molecule has 1 fully saturated rings. The first-order valence-electron chi connectivity index (χ1n) is 7.09. The maximum Gasteiger partial charge on any atom is 0.418 e. The van der Waals surface area contributed by atoms with E-state index in [1.165, 1.54) is 0 Å². The summed E-state index contributed by atoms with van der Waals surface area (Å²) in [7, 11) is 0. The second-order valence-corrected chi connectivity index (χ2v) is 6.07. The molecule has 2 unspecified atom stereocenters. The monoisotopic (exact) mass is 352 g/mol. The van der Waals surface area contributed by atoms with Gasteiger partial charge in [-0.3, -0.25) is 10.1 Å². The minimum absolute atomic E-state index is 0.0540. The van der Waals surface area contributed by atoms with Crippen LogP contribution in [0.25, 0.3) is 0 Å². The van der Waals surface area contributed by atoms with Crippen LogP contribution in [0.4, 0.5) is 24.5 Å². The van der Waals surface area contributed by atoms with E-state index >= 15 is 0 Å². The van der Waals surface area contributed by atoms with E-state index in [1.807, 2.05) is 0 Å². The van der Waals surface area contributed by atoms with Crippen LogP contribution in [-0.4, -0.2) is 29.2 Å². The predicted molar refractivity (Wildman–Crippen MR) is 79.7 cm³/mol. The van der Waals surface area contributed by atoms with Crippen molar-refractivity contribution in [2.45, 2.75) is 32.0 Å². The fourth-order valence-corrected chi connectivity index (χ4v) is 3.06. The first-order valence-corrected chi connectivity index (χ1v) is 7.47. The lowest BCUT2D eigenvalue weighted by atomic mass is 9.93. The van der Waals surface area contributed by atoms with Gasteiger partial charge in [-0.05, 0) is 25.8 Å². The third-order valence-electron chi connectivity index (χ3n) is 4.05. The molecular formula is C14H16ClF3N2O3. The number of nitro benzene ring substituents is 1. The highest BCUT2D eigenvalue weighted by Crippen LogP contribution is 2.42. The number of alkyl halides is 3. The highest BCUT2D eigenvalue weighted by molar-refractivity contribution is 6.31. The minimum Gasteiger partial charge on any atom is -0.393 e. The van der Waals surface area contributed by atoms with Crippen molar-refractivity contribution in [3.8, 4) is 0 Å². The molecule has 5 nitrogen and oxygen atoms in total. The SMILES string of the molecule is CC(O)C1CCCN(c2cc(Cl)c(C(F)(F)F)cc2[N+](=O)[O-])C1. The number of piperidine rings is 1. The molecule has 0 radical (unpaired) electrons. The van der Waals surface area contributed by atoms with Gasteiger partial charge >= 0.3 is 6.18 Å². The maximum atomic E-state index is 12.9. The summed E-state index contributed by atoms with van der Waals surface area (Å²) in [6.07, 6.45) is -3.91. The lowest BCUT2D eigenvalue weighted by molar-refractivity contribution is -0.384. The Morgan fingerprint density at radius 3 is 2.65 bits per heavy atom. The van der Waals surface area contributed by atoms with Crippen LogP contribution in [0.5, 0.6) is 0 Å². The molecule has 1 heterocycles. The molecule has 0 aromatic heterocycles. The Morgan fingerprint density at radius 2 is 2.13 bits per heavy atom. The van der Waals surface area contributed by atoms with Crippen molar-refractivity contribution in [3.05, 3.63) is 32.8 Å². The van der Waals surface area contributed by atoms with Crippen LogP contribution in [0.2, 0.25) is 5.02 Å². The summed E-state index contributed by atoms with van der Waals surface area (Å²) in [5, 5.41) is 20.3. The third kappa shape index (κ3) is 3.87. The minimum atomic E-state index is -4.76. The Balaban J connectivity index is 2.45. The number of benzene rings is 1. The number of nitro groups is 1. The first-order chi connectivity index (χ1) is 10.6. The maximum absolute atomic E-state index is 12.9. The van der Waals surface area contributed by atoms with Crippen LogP contribution < -0.4 is 4.90 Å². The van der Waals surface area contributed by atoms with Gasteiger partial charge in [0.1, 0.15) is 5.69 Å². The van der Waals surface area contributed by atoms with Gasteiger partial charge in [-0.25, -0.2) is 0 Å². The van der Waals surface area contributed by atoms with E-state index in [4.69, 9.17) is 11.6 Å². The van der Waals surface area contributed by atoms with Gasteiger partial charge in [0, 0.05) is 25.1 Å². The zero-order valence-corrected chi connectivity index (χ0v) is 13.1. The topological polar surface area (TPSA) is 66.6 Å². The fraction of sp³-hybridized carbons (Fsp3) is 0.571. The molecule has 1 N–H and O–H groups in total. The Kier molecular flexibility index (Phi) is 5.05. The summed E-state index contributed by atoms with van der Waals surface area (Å²) in [6, 6.07) is 1.47. The predicted octanol–water partition coefficient (Wildman–Crippen LogP) is 3.86. The largest absolute Gasteiger partial charge is 0.418 e. The standard InChI is InChI=1S/C14H16ClF3N2O3/c1-8(21)9-3-2-4-19(7-9)12-6-11(15)10(14(16,17)18)5-13(12)20(22)23/h5-6,8-9,21H,2-4,7H2,1H3. The van der Waals surface area contributed by atoms with Crippen molar-refractivity contribution in [1.29, 1.82) is 0 Å². The summed E-state index contributed by atoms with van der Waals surface area (Å²) in [6.45, 7) is 2.42. The van der Waals surface area contributed by atoms with Gasteiger partial charge in [0.15, 0.2) is 0 Å². The van der Waals surface area contributed by atoms with E-state index in [1.54, 1.807) is 11.8 Å². The smallest absolute Gasteiger partial charge is 0.393 e. The molecule has 9 heteroatoms. The number of aliphatic hydroxyl groups excluding tert-OH is 1. The van der Waals surface area contributed by atoms with E-state index in [-0.39, 0.29) is 11.6 Å². The van der Waals surface area contributed by atoms with Gasteiger partial charge in [-0.15, -0.1) is 0 Å². The molecule has 0 saturated carbocycles. The van der Waals surface area contributed by atoms with E-state index < -0.39 is 33.5 Å². The summed E-state index contributed by atoms with van der Waals surface area (Å²) in [4.78, 5) is 12.0. The molecule has 0 spiro atoms. The Labute approximate surface area is 135 Å². The summed E-state index contributed by atoms with van der Waals surface area (Å²) < 4.78 is 38.6. The molecule has 23 heavy (non-hydrogen) atoms. The van der Waals surface area contributed by atoms with Crippen molar-refractivity contribution in [3.63, 3.8) is 0 Å². The zero-order chi connectivity index (χ0) is 17.4. The van der Waals surface area contributed by atoms with Gasteiger partial charge < -0.3 is 10.0 Å². The van der Waals surface area contributed by atoms with Crippen LogP contribution in [0, 0.1) is 16.0 Å². The average Bonchev–Trinajstić information content (AvgIpc) is 2.45. The van der Waals surface area contributed by atoms with Gasteiger partial charge in [-0.1, -0.05) is 11.6 Å². The molecule has 1 aliphatic rings.